The first-order chi connectivity index (χ1) is 10.8. The third-order valence-corrected chi connectivity index (χ3v) is 5.08. The van der Waals surface area contributed by atoms with Crippen LogP contribution in [0.2, 0.25) is 0 Å². The van der Waals surface area contributed by atoms with E-state index in [-0.39, 0.29) is 12.5 Å². The molecule has 1 aliphatic rings. The van der Waals surface area contributed by atoms with Crippen LogP contribution in [0.1, 0.15) is 0 Å². The van der Waals surface area contributed by atoms with Crippen LogP contribution in [0.15, 0.2) is 29.2 Å². The lowest BCUT2D eigenvalue weighted by atomic mass is 10.3. The summed E-state index contributed by atoms with van der Waals surface area (Å²) in [6.07, 6.45) is 0. The van der Waals surface area contributed by atoms with E-state index in [0.29, 0.717) is 18.8 Å². The first kappa shape index (κ1) is 17.6. The maximum atomic E-state index is 12.5. The molecule has 1 aromatic rings. The highest BCUT2D eigenvalue weighted by molar-refractivity contribution is 7.91. The van der Waals surface area contributed by atoms with E-state index >= 15 is 0 Å². The molecule has 0 radical (unpaired) electrons. The van der Waals surface area contributed by atoms with Crippen molar-refractivity contribution < 1.29 is 22.0 Å². The van der Waals surface area contributed by atoms with Crippen LogP contribution >= 0.6 is 0 Å². The van der Waals surface area contributed by atoms with Crippen molar-refractivity contribution in [3.8, 4) is 0 Å². The molecule has 0 atom stereocenters. The van der Waals surface area contributed by atoms with Crippen LogP contribution < -0.4 is 10.2 Å². The molecule has 9 heteroatoms. The van der Waals surface area contributed by atoms with Gasteiger partial charge in [-0.1, -0.05) is 0 Å². The summed E-state index contributed by atoms with van der Waals surface area (Å²) in [5.74, 6) is -3.47. The van der Waals surface area contributed by atoms with Crippen molar-refractivity contribution in [2.45, 2.75) is 10.7 Å². The van der Waals surface area contributed by atoms with E-state index in [1.807, 2.05) is 0 Å². The molecule has 1 aromatic carbocycles. The number of hydrogen-bond donors (Lipinski definition) is 1. The van der Waals surface area contributed by atoms with Crippen molar-refractivity contribution in [2.75, 3.05) is 44.7 Å². The molecule has 1 heterocycles. The van der Waals surface area contributed by atoms with Crippen molar-refractivity contribution in [3.05, 3.63) is 24.3 Å². The predicted molar refractivity (Wildman–Crippen MR) is 82.4 cm³/mol. The van der Waals surface area contributed by atoms with Crippen LogP contribution in [0.5, 0.6) is 0 Å². The average molecular weight is 347 g/mol. The molecular weight excluding hydrogens is 328 g/mol. The smallest absolute Gasteiger partial charge is 0.341 e. The number of rotatable bonds is 5. The highest BCUT2D eigenvalue weighted by Crippen LogP contribution is 2.21. The first-order valence-electron chi connectivity index (χ1n) is 7.14. The highest BCUT2D eigenvalue weighted by atomic mass is 32.2. The SMILES string of the molecule is CN(CC(=O)N1CCNCC1)c1ccc(S(=O)(=O)C(F)F)cc1. The summed E-state index contributed by atoms with van der Waals surface area (Å²) in [6.45, 7) is 2.96. The quantitative estimate of drug-likeness (QED) is 0.842. The van der Waals surface area contributed by atoms with E-state index in [1.165, 1.54) is 12.1 Å². The second-order valence-corrected chi connectivity index (χ2v) is 7.20. The fourth-order valence-electron chi connectivity index (χ4n) is 2.30. The van der Waals surface area contributed by atoms with Gasteiger partial charge in [-0.15, -0.1) is 0 Å². The number of amides is 1. The summed E-state index contributed by atoms with van der Waals surface area (Å²) >= 11 is 0. The number of anilines is 1. The highest BCUT2D eigenvalue weighted by Gasteiger charge is 2.26. The molecular formula is C14H19F2N3O3S. The van der Waals surface area contributed by atoms with Gasteiger partial charge in [0.1, 0.15) is 0 Å². The zero-order chi connectivity index (χ0) is 17.0. The number of likely N-dealkylation sites (N-methyl/N-ethyl adjacent to an activating group) is 1. The second kappa shape index (κ2) is 7.22. The molecule has 1 aliphatic heterocycles. The Labute approximate surface area is 134 Å². The Kier molecular flexibility index (Phi) is 5.53. The van der Waals surface area contributed by atoms with E-state index in [0.717, 1.165) is 25.2 Å². The molecule has 2 rings (SSSR count). The van der Waals surface area contributed by atoms with Crippen LogP contribution in [0.4, 0.5) is 14.5 Å². The molecule has 0 aromatic heterocycles. The number of sulfone groups is 1. The van der Waals surface area contributed by atoms with E-state index in [1.54, 1.807) is 16.8 Å². The number of nitrogens with one attached hydrogen (secondary N) is 1. The van der Waals surface area contributed by atoms with Gasteiger partial charge in [0.05, 0.1) is 11.4 Å². The number of nitrogens with zero attached hydrogens (tertiary/aromatic N) is 2. The number of alkyl halides is 2. The van der Waals surface area contributed by atoms with Gasteiger partial charge < -0.3 is 15.1 Å². The Balaban J connectivity index is 2.02. The normalized spacial score (nSPS) is 15.7. The maximum absolute atomic E-state index is 12.5. The molecule has 1 N–H and O–H groups in total. The van der Waals surface area contributed by atoms with E-state index in [9.17, 15) is 22.0 Å². The van der Waals surface area contributed by atoms with E-state index in [4.69, 9.17) is 0 Å². The molecule has 0 bridgehead atoms. The van der Waals surface area contributed by atoms with Crippen molar-refractivity contribution in [1.29, 1.82) is 0 Å². The minimum Gasteiger partial charge on any atom is -0.365 e. The molecule has 0 aliphatic carbocycles. The minimum atomic E-state index is -4.59. The van der Waals surface area contributed by atoms with Gasteiger partial charge in [-0.05, 0) is 24.3 Å². The molecule has 1 saturated heterocycles. The molecule has 1 amide bonds. The lowest BCUT2D eigenvalue weighted by Gasteiger charge is -2.29. The Morgan fingerprint density at radius 3 is 2.35 bits per heavy atom. The topological polar surface area (TPSA) is 69.7 Å². The summed E-state index contributed by atoms with van der Waals surface area (Å²) in [5.41, 5.74) is 0.585. The van der Waals surface area contributed by atoms with Crippen molar-refractivity contribution in [3.63, 3.8) is 0 Å². The summed E-state index contributed by atoms with van der Waals surface area (Å²) in [6, 6.07) is 5.09. The first-order valence-corrected chi connectivity index (χ1v) is 8.69. The van der Waals surface area contributed by atoms with Gasteiger partial charge in [-0.2, -0.15) is 8.78 Å². The van der Waals surface area contributed by atoms with Crippen molar-refractivity contribution in [2.24, 2.45) is 0 Å². The van der Waals surface area contributed by atoms with Gasteiger partial charge in [0.15, 0.2) is 0 Å². The van der Waals surface area contributed by atoms with Gasteiger partial charge in [-0.25, -0.2) is 8.42 Å². The van der Waals surface area contributed by atoms with Crippen LogP contribution in [-0.2, 0) is 14.6 Å². The number of benzene rings is 1. The molecule has 6 nitrogen and oxygen atoms in total. The van der Waals surface area contributed by atoms with Crippen molar-refractivity contribution in [1.82, 2.24) is 10.2 Å². The fourth-order valence-corrected chi connectivity index (χ4v) is 3.02. The number of carbonyl (C=O) groups excluding carboxylic acids is 1. The standard InChI is InChI=1S/C14H19F2N3O3S/c1-18(10-13(20)19-8-6-17-7-9-19)11-2-4-12(5-3-11)23(21,22)14(15)16/h2-5,14,17H,6-10H2,1H3. The molecule has 0 spiro atoms. The van der Waals surface area contributed by atoms with Gasteiger partial charge in [-0.3, -0.25) is 4.79 Å². The predicted octanol–water partition coefficient (Wildman–Crippen LogP) is 0.551. The Hall–Kier alpha value is -1.74. The number of piperazine rings is 1. The lowest BCUT2D eigenvalue weighted by Crippen LogP contribution is -2.49. The number of carbonyl (C=O) groups is 1. The Bertz CT molecular complexity index is 644. The fraction of sp³-hybridized carbons (Fsp3) is 0.500. The summed E-state index contributed by atoms with van der Waals surface area (Å²) in [4.78, 5) is 15.1. The Morgan fingerprint density at radius 1 is 1.26 bits per heavy atom. The zero-order valence-corrected chi connectivity index (χ0v) is 13.5. The largest absolute Gasteiger partial charge is 0.365 e. The van der Waals surface area contributed by atoms with Gasteiger partial charge >= 0.3 is 5.76 Å². The van der Waals surface area contributed by atoms with Gasteiger partial charge in [0, 0.05) is 38.9 Å². The molecule has 0 saturated carbocycles. The van der Waals surface area contributed by atoms with Crippen molar-refractivity contribution >= 4 is 21.4 Å². The van der Waals surface area contributed by atoms with Crippen LogP contribution in [0.25, 0.3) is 0 Å². The Morgan fingerprint density at radius 2 is 1.83 bits per heavy atom. The summed E-state index contributed by atoms with van der Waals surface area (Å²) in [5, 5.41) is 3.16. The second-order valence-electron chi connectivity index (χ2n) is 5.29. The third-order valence-electron chi connectivity index (χ3n) is 3.68. The summed E-state index contributed by atoms with van der Waals surface area (Å²) < 4.78 is 47.7. The van der Waals surface area contributed by atoms with Crippen LogP contribution in [0.3, 0.4) is 0 Å². The number of hydrogen-bond acceptors (Lipinski definition) is 5. The van der Waals surface area contributed by atoms with E-state index < -0.39 is 20.5 Å². The molecule has 128 valence electrons. The van der Waals surface area contributed by atoms with Gasteiger partial charge in [0.2, 0.25) is 15.7 Å². The van der Waals surface area contributed by atoms with Gasteiger partial charge in [0.25, 0.3) is 0 Å². The summed E-state index contributed by atoms with van der Waals surface area (Å²) in [7, 11) is -2.90. The van der Waals surface area contributed by atoms with Crippen LogP contribution in [-0.4, -0.2) is 64.8 Å². The van der Waals surface area contributed by atoms with E-state index in [2.05, 4.69) is 5.32 Å². The number of halogens is 2. The third kappa shape index (κ3) is 4.17. The monoisotopic (exact) mass is 347 g/mol. The van der Waals surface area contributed by atoms with Crippen LogP contribution in [0, 0.1) is 0 Å². The lowest BCUT2D eigenvalue weighted by molar-refractivity contribution is -0.130. The molecule has 0 unspecified atom stereocenters. The molecule has 1 fully saturated rings. The molecule has 23 heavy (non-hydrogen) atoms. The average Bonchev–Trinajstić information content (AvgIpc) is 2.55. The minimum absolute atomic E-state index is 0.0294. The maximum Gasteiger partial charge on any atom is 0.341 e. The zero-order valence-electron chi connectivity index (χ0n) is 12.7.